The summed E-state index contributed by atoms with van der Waals surface area (Å²) in [6, 6.07) is 3.98. The quantitative estimate of drug-likeness (QED) is 0.471. The van der Waals surface area contributed by atoms with Crippen LogP contribution in [0.2, 0.25) is 0 Å². The van der Waals surface area contributed by atoms with Crippen LogP contribution in [0.5, 0.6) is 0 Å². The van der Waals surface area contributed by atoms with Crippen molar-refractivity contribution in [3.63, 3.8) is 0 Å². The lowest BCUT2D eigenvalue weighted by atomic mass is 10.3. The van der Waals surface area contributed by atoms with Crippen LogP contribution in [0.15, 0.2) is 18.2 Å². The molecule has 0 aliphatic carbocycles. The minimum Gasteiger partial charge on any atom is -0.469 e. The van der Waals surface area contributed by atoms with Gasteiger partial charge in [-0.2, -0.15) is 4.39 Å². The van der Waals surface area contributed by atoms with E-state index in [4.69, 9.17) is 0 Å². The molecule has 1 N–H and O–H groups in total. The van der Waals surface area contributed by atoms with E-state index in [0.717, 1.165) is 6.07 Å². The Hall–Kier alpha value is -1.98. The van der Waals surface area contributed by atoms with E-state index in [1.165, 1.54) is 19.2 Å². The van der Waals surface area contributed by atoms with Gasteiger partial charge in [0.15, 0.2) is 0 Å². The molecule has 0 fully saturated rings. The van der Waals surface area contributed by atoms with Gasteiger partial charge in [-0.25, -0.2) is 4.98 Å². The first-order valence-electron chi connectivity index (χ1n) is 5.11. The molecule has 92 valence electrons. The molecule has 1 rings (SSSR count). The normalized spacial score (nSPS) is 9.76. The number of carbonyl (C=O) groups is 2. The molecule has 0 unspecified atom stereocenters. The summed E-state index contributed by atoms with van der Waals surface area (Å²) < 4.78 is 17.2. The number of rotatable bonds is 5. The molecule has 0 saturated heterocycles. The molecule has 0 bridgehead atoms. The van der Waals surface area contributed by atoms with Gasteiger partial charge in [0.1, 0.15) is 5.69 Å². The van der Waals surface area contributed by atoms with Crippen molar-refractivity contribution in [1.29, 1.82) is 0 Å². The second-order valence-electron chi connectivity index (χ2n) is 3.28. The summed E-state index contributed by atoms with van der Waals surface area (Å²) in [5.41, 5.74) is 0.0167. The Kier molecular flexibility index (Phi) is 5.06. The fourth-order valence-electron chi connectivity index (χ4n) is 1.16. The molecule has 17 heavy (non-hydrogen) atoms. The number of hydrogen-bond acceptors (Lipinski definition) is 4. The number of methoxy groups -OCH3 is 1. The first kappa shape index (κ1) is 13.1. The highest BCUT2D eigenvalue weighted by atomic mass is 19.1. The molecule has 5 nitrogen and oxygen atoms in total. The third kappa shape index (κ3) is 4.58. The maximum absolute atomic E-state index is 12.7. The van der Waals surface area contributed by atoms with Crippen LogP contribution < -0.4 is 5.32 Å². The van der Waals surface area contributed by atoms with Gasteiger partial charge in [0.2, 0.25) is 5.95 Å². The molecule has 0 saturated carbocycles. The van der Waals surface area contributed by atoms with E-state index in [-0.39, 0.29) is 18.1 Å². The standard InChI is InChI=1S/C11H13FN2O3/c1-17-10(15)6-3-7-13-11(16)8-4-2-5-9(12)14-8/h2,4-5H,3,6-7H2,1H3,(H,13,16). The van der Waals surface area contributed by atoms with Gasteiger partial charge in [-0.05, 0) is 18.6 Å². The first-order valence-corrected chi connectivity index (χ1v) is 5.11. The molecule has 0 atom stereocenters. The number of esters is 1. The number of hydrogen-bond donors (Lipinski definition) is 1. The molecule has 1 aromatic rings. The maximum atomic E-state index is 12.7. The van der Waals surface area contributed by atoms with E-state index in [0.29, 0.717) is 13.0 Å². The van der Waals surface area contributed by atoms with Crippen LogP contribution in [0.25, 0.3) is 0 Å². The van der Waals surface area contributed by atoms with Gasteiger partial charge < -0.3 is 10.1 Å². The zero-order valence-corrected chi connectivity index (χ0v) is 9.40. The van der Waals surface area contributed by atoms with Crippen LogP contribution in [0.1, 0.15) is 23.3 Å². The predicted molar refractivity (Wildman–Crippen MR) is 57.8 cm³/mol. The second-order valence-corrected chi connectivity index (χ2v) is 3.28. The predicted octanol–water partition coefficient (Wildman–Crippen LogP) is 0.904. The summed E-state index contributed by atoms with van der Waals surface area (Å²) >= 11 is 0. The van der Waals surface area contributed by atoms with Crippen molar-refractivity contribution in [2.75, 3.05) is 13.7 Å². The Bertz CT molecular complexity index is 409. The van der Waals surface area contributed by atoms with Gasteiger partial charge in [-0.3, -0.25) is 9.59 Å². The Morgan fingerprint density at radius 1 is 1.47 bits per heavy atom. The average Bonchev–Trinajstić information content (AvgIpc) is 2.34. The van der Waals surface area contributed by atoms with Crippen molar-refractivity contribution < 1.29 is 18.7 Å². The second kappa shape index (κ2) is 6.57. The van der Waals surface area contributed by atoms with E-state index in [2.05, 4.69) is 15.0 Å². The van der Waals surface area contributed by atoms with Gasteiger partial charge >= 0.3 is 5.97 Å². The van der Waals surface area contributed by atoms with Gasteiger partial charge in [-0.15, -0.1) is 0 Å². The van der Waals surface area contributed by atoms with Crippen LogP contribution in [0.4, 0.5) is 4.39 Å². The molecule has 0 aliphatic rings. The lowest BCUT2D eigenvalue weighted by Gasteiger charge is -2.03. The number of nitrogens with one attached hydrogen (secondary N) is 1. The van der Waals surface area contributed by atoms with E-state index in [9.17, 15) is 14.0 Å². The van der Waals surface area contributed by atoms with E-state index < -0.39 is 11.9 Å². The number of carbonyl (C=O) groups excluding carboxylic acids is 2. The van der Waals surface area contributed by atoms with Crippen molar-refractivity contribution in [2.45, 2.75) is 12.8 Å². The van der Waals surface area contributed by atoms with Crippen LogP contribution in [-0.2, 0) is 9.53 Å². The van der Waals surface area contributed by atoms with Gasteiger partial charge in [0.05, 0.1) is 7.11 Å². The monoisotopic (exact) mass is 240 g/mol. The summed E-state index contributed by atoms with van der Waals surface area (Å²) in [7, 11) is 1.30. The minimum absolute atomic E-state index is 0.0167. The van der Waals surface area contributed by atoms with Crippen molar-refractivity contribution in [3.05, 3.63) is 29.8 Å². The van der Waals surface area contributed by atoms with Crippen LogP contribution >= 0.6 is 0 Å². The fraction of sp³-hybridized carbons (Fsp3) is 0.364. The smallest absolute Gasteiger partial charge is 0.305 e. The molecule has 0 spiro atoms. The largest absolute Gasteiger partial charge is 0.469 e. The number of ether oxygens (including phenoxy) is 1. The summed E-state index contributed by atoms with van der Waals surface area (Å²) in [4.78, 5) is 25.7. The van der Waals surface area contributed by atoms with Gasteiger partial charge in [0.25, 0.3) is 5.91 Å². The molecule has 6 heteroatoms. The Labute approximate surface area is 98.0 Å². The summed E-state index contributed by atoms with van der Waals surface area (Å²) in [5, 5.41) is 2.53. The number of pyridine rings is 1. The first-order chi connectivity index (χ1) is 8.13. The molecular formula is C11H13FN2O3. The highest BCUT2D eigenvalue weighted by Crippen LogP contribution is 1.98. The zero-order valence-electron chi connectivity index (χ0n) is 9.40. The van der Waals surface area contributed by atoms with Crippen molar-refractivity contribution >= 4 is 11.9 Å². The van der Waals surface area contributed by atoms with Gasteiger partial charge in [0, 0.05) is 13.0 Å². The highest BCUT2D eigenvalue weighted by molar-refractivity contribution is 5.92. The number of halogens is 1. The fourth-order valence-corrected chi connectivity index (χ4v) is 1.16. The highest BCUT2D eigenvalue weighted by Gasteiger charge is 2.07. The summed E-state index contributed by atoms with van der Waals surface area (Å²) in [6.07, 6.45) is 0.696. The lowest BCUT2D eigenvalue weighted by molar-refractivity contribution is -0.140. The van der Waals surface area contributed by atoms with E-state index >= 15 is 0 Å². The number of nitrogens with zero attached hydrogens (tertiary/aromatic N) is 1. The minimum atomic E-state index is -0.702. The third-order valence-electron chi connectivity index (χ3n) is 2.02. The van der Waals surface area contributed by atoms with Crippen molar-refractivity contribution in [2.24, 2.45) is 0 Å². The third-order valence-corrected chi connectivity index (χ3v) is 2.02. The SMILES string of the molecule is COC(=O)CCCNC(=O)c1cccc(F)n1. The summed E-state index contributed by atoms with van der Waals surface area (Å²) in [6.45, 7) is 0.312. The molecular weight excluding hydrogens is 227 g/mol. The van der Waals surface area contributed by atoms with Crippen LogP contribution in [0, 0.1) is 5.95 Å². The molecule has 1 aromatic heterocycles. The van der Waals surface area contributed by atoms with Crippen molar-refractivity contribution in [1.82, 2.24) is 10.3 Å². The molecule has 0 radical (unpaired) electrons. The van der Waals surface area contributed by atoms with E-state index in [1.807, 2.05) is 0 Å². The summed E-state index contributed by atoms with van der Waals surface area (Å²) in [5.74, 6) is -1.50. The number of amides is 1. The topological polar surface area (TPSA) is 68.3 Å². The van der Waals surface area contributed by atoms with Gasteiger partial charge in [-0.1, -0.05) is 6.07 Å². The number of aromatic nitrogens is 1. The Morgan fingerprint density at radius 2 is 2.24 bits per heavy atom. The molecule has 0 aliphatic heterocycles. The maximum Gasteiger partial charge on any atom is 0.305 e. The zero-order chi connectivity index (χ0) is 12.7. The molecule has 0 aromatic carbocycles. The Morgan fingerprint density at radius 3 is 2.88 bits per heavy atom. The van der Waals surface area contributed by atoms with Crippen LogP contribution in [0.3, 0.4) is 0 Å². The molecule has 1 heterocycles. The molecule has 1 amide bonds. The average molecular weight is 240 g/mol. The van der Waals surface area contributed by atoms with E-state index in [1.54, 1.807) is 0 Å². The van der Waals surface area contributed by atoms with Crippen molar-refractivity contribution in [3.8, 4) is 0 Å². The van der Waals surface area contributed by atoms with Crippen LogP contribution in [-0.4, -0.2) is 30.5 Å². The lowest BCUT2D eigenvalue weighted by Crippen LogP contribution is -2.26. The Balaban J connectivity index is 2.33.